The number of hydrogen-bond donors (Lipinski definition) is 1. The van der Waals surface area contributed by atoms with Crippen LogP contribution in [-0.4, -0.2) is 17.3 Å². The van der Waals surface area contributed by atoms with Gasteiger partial charge in [0.25, 0.3) is 0 Å². The lowest BCUT2D eigenvalue weighted by Crippen LogP contribution is -1.99. The summed E-state index contributed by atoms with van der Waals surface area (Å²) in [6.07, 6.45) is 3.41. The Bertz CT molecular complexity index is 108. The second kappa shape index (κ2) is 6.61. The molecule has 10 heavy (non-hydrogen) atoms. The van der Waals surface area contributed by atoms with E-state index in [1.54, 1.807) is 0 Å². The minimum absolute atomic E-state index is 0.250. The van der Waals surface area contributed by atoms with E-state index in [0.29, 0.717) is 5.12 Å². The highest BCUT2D eigenvalue weighted by Gasteiger charge is 2.06. The van der Waals surface area contributed by atoms with Crippen molar-refractivity contribution in [2.24, 2.45) is 5.73 Å². The molecule has 2 N–H and O–H groups in total. The summed E-state index contributed by atoms with van der Waals surface area (Å²) in [6.45, 7) is 0. The van der Waals surface area contributed by atoms with Crippen molar-refractivity contribution in [3.05, 3.63) is 0 Å². The lowest BCUT2D eigenvalue weighted by molar-refractivity contribution is -0.111. The summed E-state index contributed by atoms with van der Waals surface area (Å²) in [4.78, 5) is 19.0. The van der Waals surface area contributed by atoms with Crippen LogP contribution in [0.1, 0.15) is 19.3 Å². The van der Waals surface area contributed by atoms with E-state index in [1.165, 1.54) is 18.2 Å². The molecule has 1 heterocycles. The molecular weight excluding hydrogens is 150 g/mol. The van der Waals surface area contributed by atoms with Gasteiger partial charge in [-0.3, -0.25) is 9.59 Å². The van der Waals surface area contributed by atoms with Gasteiger partial charge in [0.1, 0.15) is 0 Å². The largest absolute Gasteiger partial charge is 0.372 e. The highest BCUT2D eigenvalue weighted by molar-refractivity contribution is 8.13. The SMILES string of the molecule is NC=O.O=C1CCCCS1. The zero-order valence-corrected chi connectivity index (χ0v) is 6.52. The van der Waals surface area contributed by atoms with E-state index in [9.17, 15) is 4.79 Å². The molecule has 0 radical (unpaired) electrons. The molecule has 0 spiro atoms. The van der Waals surface area contributed by atoms with Gasteiger partial charge in [-0.25, -0.2) is 0 Å². The van der Waals surface area contributed by atoms with Gasteiger partial charge in [0, 0.05) is 12.2 Å². The predicted molar refractivity (Wildman–Crippen MR) is 41.6 cm³/mol. The first-order valence-corrected chi connectivity index (χ1v) is 4.11. The van der Waals surface area contributed by atoms with E-state index < -0.39 is 0 Å². The Hall–Kier alpha value is -0.510. The molecule has 0 aliphatic carbocycles. The number of carbonyl (C=O) groups is 2. The minimum Gasteiger partial charge on any atom is -0.372 e. The smallest absolute Gasteiger partial charge is 0.204 e. The first-order valence-electron chi connectivity index (χ1n) is 3.12. The van der Waals surface area contributed by atoms with Crippen molar-refractivity contribution in [2.75, 3.05) is 5.75 Å². The molecule has 1 aliphatic heterocycles. The second-order valence-electron chi connectivity index (χ2n) is 1.81. The van der Waals surface area contributed by atoms with Crippen molar-refractivity contribution in [1.82, 2.24) is 0 Å². The Kier molecular flexibility index (Phi) is 6.27. The number of thioether (sulfide) groups is 1. The van der Waals surface area contributed by atoms with E-state index in [4.69, 9.17) is 4.79 Å². The Morgan fingerprint density at radius 2 is 2.10 bits per heavy atom. The highest BCUT2D eigenvalue weighted by atomic mass is 32.2. The molecule has 1 fully saturated rings. The van der Waals surface area contributed by atoms with Crippen molar-refractivity contribution < 1.29 is 9.59 Å². The van der Waals surface area contributed by atoms with Gasteiger partial charge in [-0.1, -0.05) is 11.8 Å². The maximum Gasteiger partial charge on any atom is 0.204 e. The molecular formula is C6H11NO2S. The van der Waals surface area contributed by atoms with Gasteiger partial charge in [0.2, 0.25) is 6.41 Å². The molecule has 58 valence electrons. The maximum absolute atomic E-state index is 10.4. The van der Waals surface area contributed by atoms with E-state index in [0.717, 1.165) is 18.6 Å². The molecule has 1 aliphatic rings. The van der Waals surface area contributed by atoms with Gasteiger partial charge in [-0.2, -0.15) is 0 Å². The van der Waals surface area contributed by atoms with Crippen molar-refractivity contribution in [2.45, 2.75) is 19.3 Å². The number of primary amides is 1. The van der Waals surface area contributed by atoms with Crippen LogP contribution in [0.25, 0.3) is 0 Å². The summed E-state index contributed by atoms with van der Waals surface area (Å²) >= 11 is 1.48. The monoisotopic (exact) mass is 161 g/mol. The predicted octanol–water partition coefficient (Wildman–Crippen LogP) is 0.532. The lowest BCUT2D eigenvalue weighted by Gasteiger charge is -2.04. The summed E-state index contributed by atoms with van der Waals surface area (Å²) in [5, 5.41) is 0.381. The van der Waals surface area contributed by atoms with Gasteiger partial charge in [0.15, 0.2) is 5.12 Å². The van der Waals surface area contributed by atoms with Crippen molar-refractivity contribution in [3.63, 3.8) is 0 Å². The second-order valence-corrected chi connectivity index (χ2v) is 2.97. The molecule has 0 aromatic carbocycles. The number of nitrogens with two attached hydrogens (primary N) is 1. The fourth-order valence-corrected chi connectivity index (χ4v) is 1.49. The summed E-state index contributed by atoms with van der Waals surface area (Å²) in [5.41, 5.74) is 4.17. The quantitative estimate of drug-likeness (QED) is 0.527. The molecule has 0 aromatic heterocycles. The average molecular weight is 161 g/mol. The molecule has 1 rings (SSSR count). The molecule has 0 aromatic rings. The number of hydrogen-bond acceptors (Lipinski definition) is 3. The number of rotatable bonds is 0. The zero-order chi connectivity index (χ0) is 7.82. The van der Waals surface area contributed by atoms with E-state index >= 15 is 0 Å². The Morgan fingerprint density at radius 1 is 1.50 bits per heavy atom. The number of amides is 1. The molecule has 0 bridgehead atoms. The van der Waals surface area contributed by atoms with Crippen LogP contribution in [0.3, 0.4) is 0 Å². The molecule has 0 unspecified atom stereocenters. The molecule has 0 atom stereocenters. The third-order valence-corrected chi connectivity index (χ3v) is 2.06. The van der Waals surface area contributed by atoms with Crippen LogP contribution in [-0.2, 0) is 9.59 Å². The third-order valence-electron chi connectivity index (χ3n) is 1.04. The summed E-state index contributed by atoms with van der Waals surface area (Å²) in [6, 6.07) is 0. The molecule has 3 nitrogen and oxygen atoms in total. The van der Waals surface area contributed by atoms with Crippen LogP contribution >= 0.6 is 11.8 Å². The minimum atomic E-state index is 0.250. The fraction of sp³-hybridized carbons (Fsp3) is 0.667. The third kappa shape index (κ3) is 5.62. The summed E-state index contributed by atoms with van der Waals surface area (Å²) in [5.74, 6) is 1.05. The first kappa shape index (κ1) is 9.49. The van der Waals surface area contributed by atoms with Gasteiger partial charge >= 0.3 is 0 Å². The summed E-state index contributed by atoms with van der Waals surface area (Å²) in [7, 11) is 0. The Morgan fingerprint density at radius 3 is 2.30 bits per heavy atom. The molecule has 1 saturated heterocycles. The Labute approximate surface area is 64.4 Å². The highest BCUT2D eigenvalue weighted by Crippen LogP contribution is 2.17. The Balaban J connectivity index is 0.000000236. The van der Waals surface area contributed by atoms with Crippen molar-refractivity contribution in [1.29, 1.82) is 0 Å². The van der Waals surface area contributed by atoms with Crippen LogP contribution in [0, 0.1) is 0 Å². The van der Waals surface area contributed by atoms with Gasteiger partial charge in [-0.05, 0) is 12.8 Å². The zero-order valence-electron chi connectivity index (χ0n) is 5.71. The van der Waals surface area contributed by atoms with Gasteiger partial charge < -0.3 is 5.73 Å². The van der Waals surface area contributed by atoms with E-state index in [-0.39, 0.29) is 6.41 Å². The summed E-state index contributed by atoms with van der Waals surface area (Å²) < 4.78 is 0. The van der Waals surface area contributed by atoms with Gasteiger partial charge in [-0.15, -0.1) is 0 Å². The average Bonchev–Trinajstić information content (AvgIpc) is 1.91. The van der Waals surface area contributed by atoms with Crippen LogP contribution in [0.4, 0.5) is 0 Å². The number of carbonyl (C=O) groups excluding carboxylic acids is 2. The normalized spacial score (nSPS) is 17.0. The molecule has 1 amide bonds. The maximum atomic E-state index is 10.4. The fourth-order valence-electron chi connectivity index (χ4n) is 0.630. The van der Waals surface area contributed by atoms with Crippen LogP contribution < -0.4 is 5.73 Å². The first-order chi connectivity index (χ1) is 4.81. The standard InChI is InChI=1S/C5H8OS.CH3NO/c6-5-3-1-2-4-7-5;2-1-3/h1-4H2;1H,(H2,2,3). The molecule has 4 heteroatoms. The lowest BCUT2D eigenvalue weighted by atomic mass is 10.3. The topological polar surface area (TPSA) is 60.2 Å². The van der Waals surface area contributed by atoms with Gasteiger partial charge in [0.05, 0.1) is 0 Å². The van der Waals surface area contributed by atoms with Crippen LogP contribution in [0.5, 0.6) is 0 Å². The van der Waals surface area contributed by atoms with E-state index in [1.807, 2.05) is 0 Å². The van der Waals surface area contributed by atoms with E-state index in [2.05, 4.69) is 5.73 Å². The van der Waals surface area contributed by atoms with Crippen LogP contribution in [0.15, 0.2) is 0 Å². The van der Waals surface area contributed by atoms with Crippen molar-refractivity contribution in [3.8, 4) is 0 Å². The molecule has 0 saturated carbocycles. The van der Waals surface area contributed by atoms with Crippen LogP contribution in [0.2, 0.25) is 0 Å². The van der Waals surface area contributed by atoms with Crippen molar-refractivity contribution >= 4 is 23.3 Å².